The van der Waals surface area contributed by atoms with Gasteiger partial charge in [-0.05, 0) is 109 Å². The van der Waals surface area contributed by atoms with Gasteiger partial charge in [-0.2, -0.15) is 0 Å². The van der Waals surface area contributed by atoms with E-state index in [9.17, 15) is 14.4 Å². The van der Waals surface area contributed by atoms with E-state index in [1.807, 2.05) is 0 Å². The van der Waals surface area contributed by atoms with Gasteiger partial charge in [0.05, 0.1) is 0 Å². The van der Waals surface area contributed by atoms with Crippen molar-refractivity contribution in [2.75, 3.05) is 13.2 Å². The SMILES string of the molecule is CC/C=C\C/C=C\C/C=C\C/C=C\CCCCCCCCCCCCCCC(=O)OCC(COC(=O)CCCCCCC/C=C\CCC)OC(=O)CCCCCCCCC/C=C\C/C=C\CCCCC. The Morgan fingerprint density at radius 3 is 0.943 bits per heavy atom. The van der Waals surface area contributed by atoms with Crippen LogP contribution in [0.1, 0.15) is 284 Å². The second kappa shape index (κ2) is 58.2. The van der Waals surface area contributed by atoms with E-state index in [4.69, 9.17) is 14.2 Å². The minimum absolute atomic E-state index is 0.0826. The lowest BCUT2D eigenvalue weighted by Gasteiger charge is -2.18. The number of ether oxygens (including phenoxy) is 3. The lowest BCUT2D eigenvalue weighted by atomic mass is 10.0. The van der Waals surface area contributed by atoms with Crippen LogP contribution in [0.4, 0.5) is 0 Å². The molecule has 0 bridgehead atoms. The Hall–Kier alpha value is -3.41. The maximum atomic E-state index is 12.8. The molecule has 6 nitrogen and oxygen atoms in total. The van der Waals surface area contributed by atoms with Gasteiger partial charge in [0.15, 0.2) is 6.10 Å². The van der Waals surface area contributed by atoms with Gasteiger partial charge in [0, 0.05) is 19.3 Å². The molecule has 70 heavy (non-hydrogen) atoms. The number of carbonyl (C=O) groups excluding carboxylic acids is 3. The number of unbranched alkanes of at least 4 members (excludes halogenated alkanes) is 28. The topological polar surface area (TPSA) is 78.9 Å². The molecule has 402 valence electrons. The van der Waals surface area contributed by atoms with Gasteiger partial charge >= 0.3 is 17.9 Å². The Morgan fingerprint density at radius 1 is 0.300 bits per heavy atom. The summed E-state index contributed by atoms with van der Waals surface area (Å²) < 4.78 is 16.8. The van der Waals surface area contributed by atoms with Crippen LogP contribution in [-0.4, -0.2) is 37.2 Å². The Morgan fingerprint density at radius 2 is 0.586 bits per heavy atom. The quantitative estimate of drug-likeness (QED) is 0.0261. The molecule has 6 heteroatoms. The van der Waals surface area contributed by atoms with Gasteiger partial charge in [0.1, 0.15) is 13.2 Å². The monoisotopic (exact) mass is 975 g/mol. The predicted molar refractivity (Wildman–Crippen MR) is 302 cm³/mol. The normalized spacial score (nSPS) is 12.7. The van der Waals surface area contributed by atoms with E-state index in [2.05, 4.69) is 106 Å². The van der Waals surface area contributed by atoms with Gasteiger partial charge in [0.25, 0.3) is 0 Å². The van der Waals surface area contributed by atoms with E-state index < -0.39 is 6.10 Å². The van der Waals surface area contributed by atoms with E-state index >= 15 is 0 Å². The lowest BCUT2D eigenvalue weighted by molar-refractivity contribution is -0.167. The van der Waals surface area contributed by atoms with Gasteiger partial charge in [-0.15, -0.1) is 0 Å². The van der Waals surface area contributed by atoms with Gasteiger partial charge < -0.3 is 14.2 Å². The first kappa shape index (κ1) is 66.6. The largest absolute Gasteiger partial charge is 0.462 e. The highest BCUT2D eigenvalue weighted by atomic mass is 16.6. The molecule has 0 heterocycles. The van der Waals surface area contributed by atoms with Gasteiger partial charge in [0.2, 0.25) is 0 Å². The summed E-state index contributed by atoms with van der Waals surface area (Å²) in [4.78, 5) is 38.1. The van der Waals surface area contributed by atoms with Crippen LogP contribution in [0.15, 0.2) is 85.1 Å². The first-order valence-corrected chi connectivity index (χ1v) is 29.6. The van der Waals surface area contributed by atoms with Crippen molar-refractivity contribution in [2.24, 2.45) is 0 Å². The maximum absolute atomic E-state index is 12.8. The van der Waals surface area contributed by atoms with Crippen LogP contribution in [0, 0.1) is 0 Å². The molecule has 0 saturated carbocycles. The Balaban J connectivity index is 4.26. The number of hydrogen-bond donors (Lipinski definition) is 0. The molecule has 0 spiro atoms. The first-order chi connectivity index (χ1) is 34.5. The van der Waals surface area contributed by atoms with Crippen molar-refractivity contribution in [1.82, 2.24) is 0 Å². The van der Waals surface area contributed by atoms with Gasteiger partial charge in [-0.1, -0.05) is 241 Å². The molecule has 0 aromatic heterocycles. The summed E-state index contributed by atoms with van der Waals surface area (Å²) in [6.07, 6.45) is 75.8. The van der Waals surface area contributed by atoms with Crippen LogP contribution >= 0.6 is 0 Å². The Kier molecular flexibility index (Phi) is 55.3. The minimum atomic E-state index is -0.784. The number of esters is 3. The average Bonchev–Trinajstić information content (AvgIpc) is 3.36. The van der Waals surface area contributed by atoms with Crippen LogP contribution in [0.2, 0.25) is 0 Å². The molecule has 0 aliphatic rings. The molecule has 0 saturated heterocycles. The summed E-state index contributed by atoms with van der Waals surface area (Å²) in [5.41, 5.74) is 0. The van der Waals surface area contributed by atoms with Gasteiger partial charge in [-0.3, -0.25) is 14.4 Å². The first-order valence-electron chi connectivity index (χ1n) is 29.6. The van der Waals surface area contributed by atoms with E-state index in [1.54, 1.807) is 0 Å². The fraction of sp³-hybridized carbons (Fsp3) is 0.734. The molecule has 0 radical (unpaired) electrons. The van der Waals surface area contributed by atoms with Crippen molar-refractivity contribution in [2.45, 2.75) is 290 Å². The third-order valence-corrected chi connectivity index (χ3v) is 12.6. The van der Waals surface area contributed by atoms with Crippen LogP contribution in [0.25, 0.3) is 0 Å². The lowest BCUT2D eigenvalue weighted by Crippen LogP contribution is -2.30. The van der Waals surface area contributed by atoms with Crippen LogP contribution in [-0.2, 0) is 28.6 Å². The molecule has 0 aliphatic heterocycles. The highest BCUT2D eigenvalue weighted by Gasteiger charge is 2.19. The fourth-order valence-electron chi connectivity index (χ4n) is 8.17. The molecular formula is C64H110O6. The number of hydrogen-bond acceptors (Lipinski definition) is 6. The second-order valence-electron chi connectivity index (χ2n) is 19.5. The van der Waals surface area contributed by atoms with Crippen LogP contribution < -0.4 is 0 Å². The molecule has 0 aliphatic carbocycles. The highest BCUT2D eigenvalue weighted by Crippen LogP contribution is 2.16. The van der Waals surface area contributed by atoms with Crippen molar-refractivity contribution in [3.05, 3.63) is 85.1 Å². The predicted octanol–water partition coefficient (Wildman–Crippen LogP) is 19.9. The summed E-state index contributed by atoms with van der Waals surface area (Å²) in [5, 5.41) is 0. The average molecular weight is 976 g/mol. The second-order valence-corrected chi connectivity index (χ2v) is 19.5. The molecule has 0 aromatic rings. The van der Waals surface area contributed by atoms with E-state index in [0.717, 1.165) is 109 Å². The summed E-state index contributed by atoms with van der Waals surface area (Å²) in [7, 11) is 0. The fourth-order valence-corrected chi connectivity index (χ4v) is 8.17. The number of carbonyl (C=O) groups is 3. The molecule has 0 aromatic carbocycles. The summed E-state index contributed by atoms with van der Waals surface area (Å²) in [6.45, 7) is 6.44. The third-order valence-electron chi connectivity index (χ3n) is 12.6. The van der Waals surface area contributed by atoms with Crippen LogP contribution in [0.3, 0.4) is 0 Å². The zero-order chi connectivity index (χ0) is 50.7. The zero-order valence-electron chi connectivity index (χ0n) is 46.0. The standard InChI is InChI=1S/C64H110O6/c1-4-7-10-13-16-19-22-24-26-28-29-30-31-32-33-34-35-37-38-40-42-45-48-51-54-57-63(66)69-60-61(59-68-62(65)56-53-50-47-44-21-18-15-12-9-6-3)70-64(67)58-55-52-49-46-43-41-39-36-27-25-23-20-17-14-11-8-5-2/h7,10,12,15-17,19-20,24-27,29-30,61H,4-6,8-9,11,13-14,18,21-23,28,31-60H2,1-3H3/b10-7-,15-12-,19-16-,20-17-,26-24-,27-25-,30-29-. The number of rotatable bonds is 53. The molecule has 0 N–H and O–H groups in total. The van der Waals surface area contributed by atoms with E-state index in [-0.39, 0.29) is 31.1 Å². The van der Waals surface area contributed by atoms with E-state index in [0.29, 0.717) is 19.3 Å². The minimum Gasteiger partial charge on any atom is -0.462 e. The van der Waals surface area contributed by atoms with Crippen molar-refractivity contribution in [3.63, 3.8) is 0 Å². The van der Waals surface area contributed by atoms with E-state index in [1.165, 1.54) is 135 Å². The molecule has 0 amide bonds. The number of allylic oxidation sites excluding steroid dienone is 14. The highest BCUT2D eigenvalue weighted by molar-refractivity contribution is 5.71. The molecule has 1 unspecified atom stereocenters. The smallest absolute Gasteiger partial charge is 0.306 e. The van der Waals surface area contributed by atoms with Crippen LogP contribution in [0.5, 0.6) is 0 Å². The van der Waals surface area contributed by atoms with Crippen molar-refractivity contribution >= 4 is 17.9 Å². The zero-order valence-corrected chi connectivity index (χ0v) is 46.0. The summed E-state index contributed by atoms with van der Waals surface area (Å²) in [5.74, 6) is -0.897. The third kappa shape index (κ3) is 55.5. The van der Waals surface area contributed by atoms with Crippen molar-refractivity contribution in [1.29, 1.82) is 0 Å². The molecular weight excluding hydrogens is 865 g/mol. The van der Waals surface area contributed by atoms with Crippen molar-refractivity contribution in [3.8, 4) is 0 Å². The molecule has 0 rings (SSSR count). The Labute approximate surface area is 433 Å². The Bertz CT molecular complexity index is 1350. The molecule has 0 fully saturated rings. The maximum Gasteiger partial charge on any atom is 0.306 e. The molecule has 1 atom stereocenters. The summed E-state index contributed by atoms with van der Waals surface area (Å²) >= 11 is 0. The van der Waals surface area contributed by atoms with Gasteiger partial charge in [-0.25, -0.2) is 0 Å². The van der Waals surface area contributed by atoms with Crippen molar-refractivity contribution < 1.29 is 28.6 Å². The summed E-state index contributed by atoms with van der Waals surface area (Å²) in [6, 6.07) is 0.